The molecular formula is C14H15NO4. The third-order valence-electron chi connectivity index (χ3n) is 2.14. The van der Waals surface area contributed by atoms with Crippen LogP contribution < -0.4 is 5.32 Å². The molecule has 1 aromatic rings. The third kappa shape index (κ3) is 6.16. The van der Waals surface area contributed by atoms with E-state index >= 15 is 0 Å². The minimum Gasteiger partial charge on any atom is -0.464 e. The van der Waals surface area contributed by atoms with Gasteiger partial charge in [-0.05, 0) is 11.6 Å². The predicted octanol–water partition coefficient (Wildman–Crippen LogP) is 0.948. The topological polar surface area (TPSA) is 72.5 Å². The Morgan fingerprint density at radius 1 is 1.21 bits per heavy atom. The molecule has 1 aromatic carbocycles. The summed E-state index contributed by atoms with van der Waals surface area (Å²) >= 11 is 0. The molecule has 1 N–H and O–H groups in total. The molecule has 0 heterocycles. The fraction of sp³-hybridized carbons (Fsp3) is 0.214. The van der Waals surface area contributed by atoms with Gasteiger partial charge in [0, 0.05) is 6.92 Å². The first-order valence-electron chi connectivity index (χ1n) is 5.78. The van der Waals surface area contributed by atoms with Crippen molar-refractivity contribution in [3.8, 4) is 0 Å². The summed E-state index contributed by atoms with van der Waals surface area (Å²) in [5, 5.41) is 2.36. The van der Waals surface area contributed by atoms with Gasteiger partial charge in [-0.25, -0.2) is 0 Å². The molecule has 0 fully saturated rings. The molecule has 100 valence electrons. The summed E-state index contributed by atoms with van der Waals surface area (Å²) in [5.74, 6) is -1.80. The van der Waals surface area contributed by atoms with Crippen LogP contribution in [0.2, 0.25) is 0 Å². The average Bonchev–Trinajstić information content (AvgIpc) is 2.41. The highest BCUT2D eigenvalue weighted by atomic mass is 16.5. The maximum Gasteiger partial charge on any atom is 0.302 e. The van der Waals surface area contributed by atoms with Crippen LogP contribution in [0.1, 0.15) is 12.5 Å². The summed E-state index contributed by atoms with van der Waals surface area (Å²) < 4.78 is 4.62. The second-order valence-electron chi connectivity index (χ2n) is 3.70. The van der Waals surface area contributed by atoms with E-state index in [1.54, 1.807) is 6.08 Å². The van der Waals surface area contributed by atoms with Gasteiger partial charge in [0.15, 0.2) is 0 Å². The average molecular weight is 261 g/mol. The number of esters is 1. The zero-order valence-electron chi connectivity index (χ0n) is 10.6. The zero-order valence-corrected chi connectivity index (χ0v) is 10.6. The minimum absolute atomic E-state index is 0.0523. The summed E-state index contributed by atoms with van der Waals surface area (Å²) in [6, 6.07) is 9.18. The molecule has 5 heteroatoms. The van der Waals surface area contributed by atoms with Gasteiger partial charge in [0.2, 0.25) is 5.78 Å². The van der Waals surface area contributed by atoms with E-state index in [1.807, 2.05) is 30.3 Å². The van der Waals surface area contributed by atoms with E-state index in [-0.39, 0.29) is 13.2 Å². The molecule has 0 aliphatic carbocycles. The summed E-state index contributed by atoms with van der Waals surface area (Å²) in [6.07, 6.45) is 2.77. The molecule has 5 nitrogen and oxygen atoms in total. The standard InChI is InChI=1S/C14H15NO4/c1-11(16)19-10-9-15-14(18)13(17)8-7-12-5-3-2-4-6-12/h2-8H,9-10H2,1H3,(H,15,18)/b8-7+. The number of hydrogen-bond donors (Lipinski definition) is 1. The molecule has 0 aliphatic heterocycles. The van der Waals surface area contributed by atoms with Gasteiger partial charge >= 0.3 is 5.97 Å². The number of ether oxygens (including phenoxy) is 1. The molecule has 0 unspecified atom stereocenters. The van der Waals surface area contributed by atoms with Gasteiger partial charge in [0.25, 0.3) is 5.91 Å². The smallest absolute Gasteiger partial charge is 0.302 e. The number of ketones is 1. The van der Waals surface area contributed by atoms with Crippen molar-refractivity contribution < 1.29 is 19.1 Å². The molecule has 0 aromatic heterocycles. The molecule has 19 heavy (non-hydrogen) atoms. The molecule has 0 spiro atoms. The van der Waals surface area contributed by atoms with Gasteiger partial charge in [-0.2, -0.15) is 0 Å². The Morgan fingerprint density at radius 2 is 1.89 bits per heavy atom. The van der Waals surface area contributed by atoms with Crippen LogP contribution in [-0.2, 0) is 19.1 Å². The van der Waals surface area contributed by atoms with Crippen molar-refractivity contribution in [3.63, 3.8) is 0 Å². The van der Waals surface area contributed by atoms with Crippen LogP contribution >= 0.6 is 0 Å². The summed E-state index contributed by atoms with van der Waals surface area (Å²) in [6.45, 7) is 1.44. The molecular weight excluding hydrogens is 246 g/mol. The summed E-state index contributed by atoms with van der Waals surface area (Å²) in [7, 11) is 0. The lowest BCUT2D eigenvalue weighted by Crippen LogP contribution is -2.32. The van der Waals surface area contributed by atoms with Crippen molar-refractivity contribution in [2.45, 2.75) is 6.92 Å². The Labute approximate surface area is 111 Å². The lowest BCUT2D eigenvalue weighted by molar-refractivity contribution is -0.141. The molecule has 0 saturated carbocycles. The first-order valence-corrected chi connectivity index (χ1v) is 5.78. The predicted molar refractivity (Wildman–Crippen MR) is 70.1 cm³/mol. The fourth-order valence-electron chi connectivity index (χ4n) is 1.26. The highest BCUT2D eigenvalue weighted by Gasteiger charge is 2.08. The minimum atomic E-state index is -0.723. The second-order valence-corrected chi connectivity index (χ2v) is 3.70. The van der Waals surface area contributed by atoms with Gasteiger partial charge in [-0.15, -0.1) is 0 Å². The van der Waals surface area contributed by atoms with Crippen LogP contribution in [0.4, 0.5) is 0 Å². The number of carbonyl (C=O) groups excluding carboxylic acids is 3. The van der Waals surface area contributed by atoms with Crippen molar-refractivity contribution in [2.75, 3.05) is 13.2 Å². The Hall–Kier alpha value is -2.43. The number of amides is 1. The number of carbonyl (C=O) groups is 3. The normalized spacial score (nSPS) is 10.2. The first-order chi connectivity index (χ1) is 9.09. The highest BCUT2D eigenvalue weighted by molar-refractivity contribution is 6.41. The van der Waals surface area contributed by atoms with Gasteiger partial charge < -0.3 is 10.1 Å². The quantitative estimate of drug-likeness (QED) is 0.358. The first kappa shape index (κ1) is 14.6. The Kier molecular flexibility index (Phi) is 6.02. The molecule has 0 bridgehead atoms. The zero-order chi connectivity index (χ0) is 14.1. The Morgan fingerprint density at radius 3 is 2.53 bits per heavy atom. The molecule has 0 radical (unpaired) electrons. The van der Waals surface area contributed by atoms with E-state index in [0.29, 0.717) is 0 Å². The number of hydrogen-bond acceptors (Lipinski definition) is 4. The van der Waals surface area contributed by atoms with Gasteiger partial charge in [-0.3, -0.25) is 14.4 Å². The second kappa shape index (κ2) is 7.81. The van der Waals surface area contributed by atoms with E-state index in [1.165, 1.54) is 13.0 Å². The van der Waals surface area contributed by atoms with E-state index in [9.17, 15) is 14.4 Å². The lowest BCUT2D eigenvalue weighted by atomic mass is 10.2. The number of nitrogens with one attached hydrogen (secondary N) is 1. The van der Waals surface area contributed by atoms with Crippen LogP contribution in [0.5, 0.6) is 0 Å². The van der Waals surface area contributed by atoms with Crippen LogP contribution in [0.3, 0.4) is 0 Å². The largest absolute Gasteiger partial charge is 0.464 e. The lowest BCUT2D eigenvalue weighted by Gasteiger charge is -2.02. The van der Waals surface area contributed by atoms with Gasteiger partial charge in [0.05, 0.1) is 6.54 Å². The maximum absolute atomic E-state index is 11.4. The molecule has 1 amide bonds. The van der Waals surface area contributed by atoms with E-state index in [4.69, 9.17) is 0 Å². The SMILES string of the molecule is CC(=O)OCCNC(=O)C(=O)/C=C/c1ccccc1. The van der Waals surface area contributed by atoms with Crippen LogP contribution in [0.15, 0.2) is 36.4 Å². The summed E-state index contributed by atoms with van der Waals surface area (Å²) in [5.41, 5.74) is 0.837. The van der Waals surface area contributed by atoms with Crippen molar-refractivity contribution >= 4 is 23.7 Å². The monoisotopic (exact) mass is 261 g/mol. The summed E-state index contributed by atoms with van der Waals surface area (Å²) in [4.78, 5) is 33.3. The number of benzene rings is 1. The van der Waals surface area contributed by atoms with E-state index < -0.39 is 17.7 Å². The van der Waals surface area contributed by atoms with Crippen molar-refractivity contribution in [3.05, 3.63) is 42.0 Å². The van der Waals surface area contributed by atoms with Crippen LogP contribution in [0, 0.1) is 0 Å². The van der Waals surface area contributed by atoms with Gasteiger partial charge in [-0.1, -0.05) is 36.4 Å². The molecule has 0 aliphatic rings. The van der Waals surface area contributed by atoms with E-state index in [2.05, 4.69) is 10.1 Å². The molecule has 0 saturated heterocycles. The third-order valence-corrected chi connectivity index (χ3v) is 2.14. The van der Waals surface area contributed by atoms with Crippen molar-refractivity contribution in [1.82, 2.24) is 5.32 Å². The maximum atomic E-state index is 11.4. The Balaban J connectivity index is 2.35. The fourth-order valence-corrected chi connectivity index (χ4v) is 1.26. The molecule has 0 atom stereocenters. The van der Waals surface area contributed by atoms with Crippen molar-refractivity contribution in [1.29, 1.82) is 0 Å². The number of rotatable bonds is 6. The van der Waals surface area contributed by atoms with Crippen molar-refractivity contribution in [2.24, 2.45) is 0 Å². The van der Waals surface area contributed by atoms with Crippen LogP contribution in [0.25, 0.3) is 6.08 Å². The van der Waals surface area contributed by atoms with Gasteiger partial charge in [0.1, 0.15) is 6.61 Å². The van der Waals surface area contributed by atoms with Crippen LogP contribution in [-0.4, -0.2) is 30.8 Å². The molecule has 1 rings (SSSR count). The van der Waals surface area contributed by atoms with E-state index in [0.717, 1.165) is 5.56 Å². The Bertz CT molecular complexity index is 479. The highest BCUT2D eigenvalue weighted by Crippen LogP contribution is 2.00.